The zero-order chi connectivity index (χ0) is 40.6. The highest BCUT2D eigenvalue weighted by Gasteiger charge is 2.44. The van der Waals surface area contributed by atoms with E-state index in [0.717, 1.165) is 48.9 Å². The van der Waals surface area contributed by atoms with Crippen LogP contribution in [0.3, 0.4) is 0 Å². The molecule has 310 valence electrons. The van der Waals surface area contributed by atoms with Gasteiger partial charge in [0.05, 0.1) is 17.5 Å². The van der Waals surface area contributed by atoms with Crippen molar-refractivity contribution in [3.8, 4) is 5.75 Å². The summed E-state index contributed by atoms with van der Waals surface area (Å²) in [5, 5.41) is 3.33. The van der Waals surface area contributed by atoms with E-state index < -0.39 is 28.2 Å². The lowest BCUT2D eigenvalue weighted by molar-refractivity contribution is -0.122. The molecule has 2 bridgehead atoms. The first-order valence-corrected chi connectivity index (χ1v) is 28.1. The number of fused-ring (bicyclic) bond motifs is 5. The van der Waals surface area contributed by atoms with Crippen LogP contribution in [0.15, 0.2) is 48.6 Å². The van der Waals surface area contributed by atoms with E-state index >= 15 is 0 Å². The zero-order valence-corrected chi connectivity index (χ0v) is 39.8. The predicted molar refractivity (Wildman–Crippen MR) is 247 cm³/mol. The van der Waals surface area contributed by atoms with Crippen molar-refractivity contribution >= 4 is 101 Å². The van der Waals surface area contributed by atoms with Crippen molar-refractivity contribution in [3.05, 3.63) is 70.3 Å². The van der Waals surface area contributed by atoms with Gasteiger partial charge in [0.25, 0.3) is 5.91 Å². The van der Waals surface area contributed by atoms with Crippen LogP contribution in [0.5, 0.6) is 5.75 Å². The number of alkyl halides is 1. The van der Waals surface area contributed by atoms with Crippen LogP contribution in [0.25, 0.3) is 0 Å². The van der Waals surface area contributed by atoms with Crippen LogP contribution in [-0.4, -0.2) is 87.1 Å². The lowest BCUT2D eigenvalue weighted by Crippen LogP contribution is -2.49. The summed E-state index contributed by atoms with van der Waals surface area (Å²) in [6.45, 7) is 10.3. The summed E-state index contributed by atoms with van der Waals surface area (Å²) in [4.78, 5) is 33.4. The number of benzene rings is 2. The molecule has 1 amide bonds. The minimum Gasteiger partial charge on any atom is -0.490 e. The molecule has 0 radical (unpaired) electrons. The minimum absolute atomic E-state index is 0.0666. The van der Waals surface area contributed by atoms with Gasteiger partial charge in [0, 0.05) is 81.9 Å². The van der Waals surface area contributed by atoms with Crippen LogP contribution < -0.4 is 19.7 Å². The maximum Gasteiger partial charge on any atom is 0.264 e. The van der Waals surface area contributed by atoms with Crippen LogP contribution in [0.2, 0.25) is 5.02 Å². The monoisotopic (exact) mass is 1070 g/mol. The highest BCUT2D eigenvalue weighted by Crippen LogP contribution is 2.46. The number of anilines is 1. The van der Waals surface area contributed by atoms with Gasteiger partial charge in [-0.3, -0.25) is 14.5 Å². The van der Waals surface area contributed by atoms with E-state index in [1.54, 1.807) is 37.3 Å². The fourth-order valence-corrected chi connectivity index (χ4v) is 10.4. The van der Waals surface area contributed by atoms with E-state index in [-0.39, 0.29) is 34.5 Å². The normalized spacial score (nSPS) is 30.6. The van der Waals surface area contributed by atoms with Crippen LogP contribution >= 0.6 is 55.4 Å². The van der Waals surface area contributed by atoms with Crippen LogP contribution in [-0.2, 0) is 44.9 Å². The van der Waals surface area contributed by atoms with Gasteiger partial charge in [-0.25, -0.2) is 13.1 Å². The highest BCUT2D eigenvalue weighted by molar-refractivity contribution is 14.2. The molecule has 2 saturated heterocycles. The van der Waals surface area contributed by atoms with Gasteiger partial charge in [-0.2, -0.15) is 3.89 Å². The maximum atomic E-state index is 13.3. The second-order valence-electron chi connectivity index (χ2n) is 15.7. The Morgan fingerprint density at radius 1 is 1.07 bits per heavy atom. The Balaban J connectivity index is 0.000000336. The number of aryl methyl sites for hydroxylation is 1. The van der Waals surface area contributed by atoms with Gasteiger partial charge in [0.1, 0.15) is 12.8 Å². The number of piperazine rings is 1. The lowest BCUT2D eigenvalue weighted by atomic mass is 9.68. The van der Waals surface area contributed by atoms with Gasteiger partial charge in [0.2, 0.25) is 10.0 Å². The summed E-state index contributed by atoms with van der Waals surface area (Å²) in [5.41, 5.74) is 3.22. The van der Waals surface area contributed by atoms with Crippen molar-refractivity contribution in [1.29, 1.82) is 0 Å². The molecule has 6 aliphatic rings. The molecule has 16 heteroatoms. The molecule has 2 aliphatic carbocycles. The number of allylic oxidation sites excluding steroid dienone is 2. The molecule has 1 spiro atoms. The summed E-state index contributed by atoms with van der Waals surface area (Å²) in [5.74, 6) is -0.0319. The second-order valence-corrected chi connectivity index (χ2v) is 23.5. The zero-order valence-electron chi connectivity index (χ0n) is 32.3. The summed E-state index contributed by atoms with van der Waals surface area (Å²) >= 11 is 14.0. The van der Waals surface area contributed by atoms with Gasteiger partial charge in [-0.05, 0) is 140 Å². The van der Waals surface area contributed by atoms with E-state index in [1.165, 1.54) is 71.4 Å². The first kappa shape index (κ1) is 46.1. The molecule has 9 nitrogen and oxygen atoms in total. The molecule has 0 aromatic heterocycles. The van der Waals surface area contributed by atoms with Crippen molar-refractivity contribution in [1.82, 2.24) is 14.9 Å². The number of hydrogen-bond acceptors (Lipinski definition) is 9. The van der Waals surface area contributed by atoms with Gasteiger partial charge in [-0.15, -0.1) is 0 Å². The SMILES string of the molecule is C1CC2CNCCN2C1.CI.C[C@@H]1[C@@H](C)C/C=C/C(=O)[C@@H]2CC[C@H]2CN2C[C@@]3(CCCc4cc(Cl)ccc43)COc3ccc(cc32)C(=O)NS1(=O)=O.FS(=S)I. The molecule has 7 atom stereocenters. The third-order valence-corrected chi connectivity index (χ3v) is 14.5. The topological polar surface area (TPSA) is 108 Å². The maximum absolute atomic E-state index is 13.3. The summed E-state index contributed by atoms with van der Waals surface area (Å²) in [6, 6.07) is 12.2. The fourth-order valence-electron chi connectivity index (χ4n) is 8.91. The molecule has 2 aromatic carbocycles. The number of rotatable bonds is 0. The molecular weight excluding hydrogens is 1020 g/mol. The average molecular weight is 1080 g/mol. The van der Waals surface area contributed by atoms with Crippen molar-refractivity contribution in [2.75, 3.05) is 55.7 Å². The first-order valence-electron chi connectivity index (χ1n) is 19.4. The quantitative estimate of drug-likeness (QED) is 0.155. The molecule has 8 rings (SSSR count). The molecule has 2 N–H and O–H groups in total. The van der Waals surface area contributed by atoms with Gasteiger partial charge in [0.15, 0.2) is 5.78 Å². The summed E-state index contributed by atoms with van der Waals surface area (Å²) in [7, 11) is -5.24. The Morgan fingerprint density at radius 3 is 2.55 bits per heavy atom. The standard InChI is InChI=1S/C32H37ClN2O5S.C7H14N2.CH3I.FIS2/c1-20-5-3-7-29(36)26-11-8-24(26)17-35-18-32(14-4-6-22-15-25(33)10-12-27(22)32)19-40-30-13-9-23(16-28(30)35)31(37)34-41(38,39)21(20)2;1-2-7-6-8-3-5-9(7)4-1;1-2;1-4(2)3/h3,7,9-10,12-13,15-16,20-21,24,26H,4-6,8,11,14,17-19H2,1-2H3,(H,34,37);7-8H,1-6H2;1H3;/b7-3+;;;/t20-,21+,24-,26+,32-;;;/m0.../s1. The van der Waals surface area contributed by atoms with E-state index in [9.17, 15) is 21.9 Å². The lowest BCUT2D eigenvalue weighted by Gasteiger charge is -2.44. The molecule has 56 heavy (non-hydrogen) atoms. The number of hydrogen-bond donors (Lipinski definition) is 2. The largest absolute Gasteiger partial charge is 0.490 e. The number of nitrogens with one attached hydrogen (secondary N) is 2. The predicted octanol–water partition coefficient (Wildman–Crippen LogP) is 7.86. The van der Waals surface area contributed by atoms with Crippen molar-refractivity contribution < 1.29 is 26.6 Å². The second kappa shape index (κ2) is 21.0. The average Bonchev–Trinajstić information content (AvgIpc) is 3.58. The van der Waals surface area contributed by atoms with Crippen LogP contribution in [0.1, 0.15) is 80.3 Å². The third kappa shape index (κ3) is 11.4. The number of carbonyl (C=O) groups is 2. The summed E-state index contributed by atoms with van der Waals surface area (Å²) < 4.78 is 45.8. The molecule has 2 aromatic rings. The number of nitrogens with zero attached hydrogens (tertiary/aromatic N) is 2. The Bertz CT molecular complexity index is 1860. The molecule has 4 heterocycles. The van der Waals surface area contributed by atoms with Crippen molar-refractivity contribution in [3.63, 3.8) is 0 Å². The molecule has 4 aliphatic heterocycles. The van der Waals surface area contributed by atoms with E-state index in [2.05, 4.69) is 65.8 Å². The Hall–Kier alpha value is -0.960. The molecule has 1 saturated carbocycles. The Morgan fingerprint density at radius 2 is 1.84 bits per heavy atom. The van der Waals surface area contributed by atoms with Gasteiger partial charge >= 0.3 is 0 Å². The summed E-state index contributed by atoms with van der Waals surface area (Å²) in [6.07, 6.45) is 11.4. The number of ketones is 1. The van der Waals surface area contributed by atoms with E-state index in [0.29, 0.717) is 31.9 Å². The Labute approximate surface area is 370 Å². The van der Waals surface area contributed by atoms with E-state index in [4.69, 9.17) is 16.3 Å². The molecule has 2 unspecified atom stereocenters. The first-order chi connectivity index (χ1) is 26.8. The van der Waals surface area contributed by atoms with Gasteiger partial charge in [-0.1, -0.05) is 53.3 Å². The minimum atomic E-state index is -3.93. The molecule has 3 fully saturated rings. The Kier molecular flexibility index (Phi) is 17.3. The number of sulfonamides is 1. The van der Waals surface area contributed by atoms with Gasteiger partial charge < -0.3 is 15.0 Å². The number of carbonyl (C=O) groups excluding carboxylic acids is 2. The number of amides is 1. The fraction of sp³-hybridized carbons (Fsp3) is 0.600. The smallest absolute Gasteiger partial charge is 0.264 e. The van der Waals surface area contributed by atoms with Crippen LogP contribution in [0, 0.1) is 17.8 Å². The molecular formula is C40H54ClFI2N4O5S3. The highest BCUT2D eigenvalue weighted by atomic mass is 127. The number of ether oxygens (including phenoxy) is 1. The van der Waals surface area contributed by atoms with Crippen LogP contribution in [0.4, 0.5) is 9.57 Å². The number of halogens is 4. The van der Waals surface area contributed by atoms with Crippen molar-refractivity contribution in [2.24, 2.45) is 17.8 Å². The third-order valence-electron chi connectivity index (χ3n) is 12.3. The van der Waals surface area contributed by atoms with Crippen molar-refractivity contribution in [2.45, 2.75) is 81.9 Å². The van der Waals surface area contributed by atoms with E-state index in [1.807, 2.05) is 17.9 Å².